The summed E-state index contributed by atoms with van der Waals surface area (Å²) in [6.07, 6.45) is -1.31. The number of alkyl carbamates (subject to hydrolysis) is 1. The fourth-order valence-corrected chi connectivity index (χ4v) is 6.64. The number of aliphatic hydroxyl groups is 1. The number of hydrogen-bond donors (Lipinski definition) is 2. The molecule has 1 amide bonds. The maximum absolute atomic E-state index is 13.7. The molecular weight excluding hydrogens is 514 g/mol. The van der Waals surface area contributed by atoms with Crippen molar-refractivity contribution in [3.8, 4) is 0 Å². The van der Waals surface area contributed by atoms with Gasteiger partial charge < -0.3 is 29.4 Å². The number of cyclic esters (lactones) is 1. The standard InChI is InChI=1S/C31H43NO8/c1-8-38-31(7)15-19-21(17-37-26(19)34)25(20-14-30(5,6)16-22(20)31)39-27(35)24(33)23(18-12-10-9-11-13-18)32-28(36)40-29(2,3)4/h9-13,20,22-25,33H,8,14-17H2,1-7H3,(H,32,36)/t20-,22-,23-,24+,25+,31-/m0/s1. The Morgan fingerprint density at radius 1 is 1.15 bits per heavy atom. The zero-order valence-electron chi connectivity index (χ0n) is 24.6. The van der Waals surface area contributed by atoms with E-state index in [-0.39, 0.29) is 23.9 Å². The van der Waals surface area contributed by atoms with Crippen molar-refractivity contribution in [2.75, 3.05) is 13.2 Å². The molecule has 4 rings (SSSR count). The highest BCUT2D eigenvalue weighted by molar-refractivity contribution is 5.92. The van der Waals surface area contributed by atoms with Crippen LogP contribution in [0, 0.1) is 17.3 Å². The summed E-state index contributed by atoms with van der Waals surface area (Å²) >= 11 is 0. The largest absolute Gasteiger partial charge is 0.458 e. The van der Waals surface area contributed by atoms with Crippen molar-refractivity contribution < 1.29 is 38.4 Å². The molecule has 0 unspecified atom stereocenters. The fraction of sp³-hybridized carbons (Fsp3) is 0.645. The van der Waals surface area contributed by atoms with Gasteiger partial charge in [-0.15, -0.1) is 0 Å². The Labute approximate surface area is 236 Å². The number of carbonyl (C=O) groups excluding carboxylic acids is 3. The van der Waals surface area contributed by atoms with E-state index in [2.05, 4.69) is 19.2 Å². The molecule has 3 aliphatic rings. The molecule has 0 spiro atoms. The Kier molecular flexibility index (Phi) is 8.39. The van der Waals surface area contributed by atoms with Crippen LogP contribution in [-0.4, -0.2) is 59.8 Å². The van der Waals surface area contributed by atoms with Gasteiger partial charge in [0.15, 0.2) is 6.10 Å². The van der Waals surface area contributed by atoms with Crippen molar-refractivity contribution in [3.05, 3.63) is 47.0 Å². The second-order valence-corrected chi connectivity index (χ2v) is 13.2. The molecular formula is C31H43NO8. The molecule has 220 valence electrons. The predicted molar refractivity (Wildman–Crippen MR) is 147 cm³/mol. The first-order chi connectivity index (χ1) is 18.6. The lowest BCUT2D eigenvalue weighted by molar-refractivity contribution is -0.165. The summed E-state index contributed by atoms with van der Waals surface area (Å²) in [7, 11) is 0. The van der Waals surface area contributed by atoms with Gasteiger partial charge in [0.1, 0.15) is 18.3 Å². The number of aliphatic hydroxyl groups excluding tert-OH is 1. The smallest absolute Gasteiger partial charge is 0.408 e. The number of benzene rings is 1. The predicted octanol–water partition coefficient (Wildman–Crippen LogP) is 4.63. The van der Waals surface area contributed by atoms with Crippen molar-refractivity contribution in [3.63, 3.8) is 0 Å². The van der Waals surface area contributed by atoms with Gasteiger partial charge in [0.05, 0.1) is 11.6 Å². The molecule has 1 aliphatic heterocycles. The number of carbonyl (C=O) groups is 3. The summed E-state index contributed by atoms with van der Waals surface area (Å²) in [6.45, 7) is 14.0. The zero-order valence-corrected chi connectivity index (χ0v) is 24.6. The normalized spacial score (nSPS) is 29.0. The number of fused-ring (bicyclic) bond motifs is 1. The first kappa shape index (κ1) is 30.1. The van der Waals surface area contributed by atoms with Gasteiger partial charge in [0.25, 0.3) is 0 Å². The minimum absolute atomic E-state index is 0.0144. The van der Waals surface area contributed by atoms with Crippen molar-refractivity contribution >= 4 is 18.0 Å². The molecule has 2 aliphatic carbocycles. The number of hydrogen-bond acceptors (Lipinski definition) is 8. The van der Waals surface area contributed by atoms with Crippen molar-refractivity contribution in [1.29, 1.82) is 0 Å². The van der Waals surface area contributed by atoms with Gasteiger partial charge in [-0.3, -0.25) is 0 Å². The quantitative estimate of drug-likeness (QED) is 0.368. The maximum Gasteiger partial charge on any atom is 0.408 e. The first-order valence-electron chi connectivity index (χ1n) is 14.1. The molecule has 1 saturated carbocycles. The Balaban J connectivity index is 1.66. The van der Waals surface area contributed by atoms with Crippen LogP contribution in [0.1, 0.15) is 79.3 Å². The third kappa shape index (κ3) is 6.36. The SMILES string of the molecule is CCO[C@@]1(C)CC2=C(COC2=O)[C@H](OC(=O)[C@H](O)[C@@H](NC(=O)OC(C)(C)C)c2ccccc2)[C@H]2CC(C)(C)C[C@@H]21. The van der Waals surface area contributed by atoms with Crippen LogP contribution in [0.25, 0.3) is 0 Å². The van der Waals surface area contributed by atoms with E-state index in [1.165, 1.54) is 0 Å². The molecule has 1 heterocycles. The van der Waals surface area contributed by atoms with Crippen LogP contribution in [0.3, 0.4) is 0 Å². The topological polar surface area (TPSA) is 120 Å². The molecule has 1 aromatic rings. The number of esters is 2. The molecule has 40 heavy (non-hydrogen) atoms. The second-order valence-electron chi connectivity index (χ2n) is 13.2. The summed E-state index contributed by atoms with van der Waals surface area (Å²) in [5, 5.41) is 14.0. The van der Waals surface area contributed by atoms with Crippen LogP contribution in [0.2, 0.25) is 0 Å². The van der Waals surface area contributed by atoms with E-state index < -0.39 is 47.5 Å². The number of ether oxygens (including phenoxy) is 4. The molecule has 9 nitrogen and oxygen atoms in total. The third-order valence-corrected chi connectivity index (χ3v) is 8.22. The Morgan fingerprint density at radius 2 is 1.82 bits per heavy atom. The van der Waals surface area contributed by atoms with Gasteiger partial charge in [-0.2, -0.15) is 0 Å². The lowest BCUT2D eigenvalue weighted by atomic mass is 9.77. The van der Waals surface area contributed by atoms with Crippen LogP contribution < -0.4 is 5.32 Å². The van der Waals surface area contributed by atoms with E-state index in [1.807, 2.05) is 13.8 Å². The van der Waals surface area contributed by atoms with E-state index in [1.54, 1.807) is 51.1 Å². The molecule has 0 radical (unpaired) electrons. The van der Waals surface area contributed by atoms with Crippen LogP contribution in [0.15, 0.2) is 41.5 Å². The van der Waals surface area contributed by atoms with Gasteiger partial charge in [-0.1, -0.05) is 44.2 Å². The highest BCUT2D eigenvalue weighted by Gasteiger charge is 2.57. The highest BCUT2D eigenvalue weighted by atomic mass is 16.6. The summed E-state index contributed by atoms with van der Waals surface area (Å²) < 4.78 is 23.2. The van der Waals surface area contributed by atoms with Crippen LogP contribution >= 0.6 is 0 Å². The van der Waals surface area contributed by atoms with Crippen LogP contribution in [0.5, 0.6) is 0 Å². The van der Waals surface area contributed by atoms with Crippen molar-refractivity contribution in [2.24, 2.45) is 17.3 Å². The minimum atomic E-state index is -1.73. The fourth-order valence-electron chi connectivity index (χ4n) is 6.64. The monoisotopic (exact) mass is 557 g/mol. The van der Waals surface area contributed by atoms with Gasteiger partial charge in [-0.25, -0.2) is 14.4 Å². The maximum atomic E-state index is 13.7. The molecule has 0 saturated heterocycles. The Hall–Kier alpha value is -2.91. The zero-order chi connectivity index (χ0) is 29.5. The number of amides is 1. The molecule has 9 heteroatoms. The van der Waals surface area contributed by atoms with E-state index in [4.69, 9.17) is 18.9 Å². The molecule has 1 aromatic carbocycles. The summed E-state index contributed by atoms with van der Waals surface area (Å²) in [4.78, 5) is 39.1. The Morgan fingerprint density at radius 3 is 2.45 bits per heavy atom. The van der Waals surface area contributed by atoms with E-state index in [0.717, 1.165) is 12.8 Å². The number of rotatable bonds is 7. The van der Waals surface area contributed by atoms with Crippen LogP contribution in [0.4, 0.5) is 4.79 Å². The first-order valence-corrected chi connectivity index (χ1v) is 14.1. The lowest BCUT2D eigenvalue weighted by Crippen LogP contribution is -2.46. The highest BCUT2D eigenvalue weighted by Crippen LogP contribution is 2.57. The average Bonchev–Trinajstić information content (AvgIpc) is 3.36. The van der Waals surface area contributed by atoms with Crippen LogP contribution in [-0.2, 0) is 28.5 Å². The molecule has 0 bridgehead atoms. The van der Waals surface area contributed by atoms with Gasteiger partial charge in [0.2, 0.25) is 0 Å². The van der Waals surface area contributed by atoms with Crippen molar-refractivity contribution in [2.45, 2.75) is 97.2 Å². The third-order valence-electron chi connectivity index (χ3n) is 8.22. The minimum Gasteiger partial charge on any atom is -0.458 e. The summed E-state index contributed by atoms with van der Waals surface area (Å²) in [5.74, 6) is -1.45. The summed E-state index contributed by atoms with van der Waals surface area (Å²) in [6, 6.07) is 7.59. The lowest BCUT2D eigenvalue weighted by Gasteiger charge is -2.39. The summed E-state index contributed by atoms with van der Waals surface area (Å²) in [5.41, 5.74) is 0.194. The van der Waals surface area contributed by atoms with E-state index in [9.17, 15) is 19.5 Å². The molecule has 1 fully saturated rings. The average molecular weight is 558 g/mol. The van der Waals surface area contributed by atoms with Gasteiger partial charge >= 0.3 is 18.0 Å². The van der Waals surface area contributed by atoms with E-state index in [0.29, 0.717) is 29.7 Å². The molecule has 2 N–H and O–H groups in total. The van der Waals surface area contributed by atoms with Gasteiger partial charge in [-0.05, 0) is 64.4 Å². The van der Waals surface area contributed by atoms with E-state index >= 15 is 0 Å². The number of nitrogens with one attached hydrogen (secondary N) is 1. The van der Waals surface area contributed by atoms with Gasteiger partial charge in [0, 0.05) is 30.1 Å². The molecule has 0 aromatic heterocycles. The second kappa shape index (κ2) is 11.2. The van der Waals surface area contributed by atoms with Crippen molar-refractivity contribution in [1.82, 2.24) is 5.32 Å². The Bertz CT molecular complexity index is 1150. The molecule has 6 atom stereocenters.